The Kier molecular flexibility index (Phi) is 8.48. The molecular formula is C30H31BrN6O2. The molecule has 0 spiro atoms. The Hall–Kier alpha value is -3.82. The van der Waals surface area contributed by atoms with E-state index in [9.17, 15) is 9.59 Å². The number of halogens is 1. The van der Waals surface area contributed by atoms with Crippen molar-refractivity contribution in [1.82, 2.24) is 14.9 Å². The molecule has 1 atom stereocenters. The quantitative estimate of drug-likeness (QED) is 0.229. The molecule has 1 saturated heterocycles. The normalized spacial score (nSPS) is 14.6. The third-order valence-electron chi connectivity index (χ3n) is 7.08. The number of primary amides is 1. The van der Waals surface area contributed by atoms with Gasteiger partial charge in [-0.3, -0.25) is 9.59 Å². The number of carbonyl (C=O) groups excluding carboxylic acids is 2. The first-order chi connectivity index (χ1) is 19.0. The van der Waals surface area contributed by atoms with Gasteiger partial charge in [-0.1, -0.05) is 40.5 Å². The topological polar surface area (TPSA) is 113 Å². The highest BCUT2D eigenvalue weighted by Gasteiger charge is 2.19. The van der Waals surface area contributed by atoms with Gasteiger partial charge in [-0.25, -0.2) is 9.97 Å². The summed E-state index contributed by atoms with van der Waals surface area (Å²) < 4.78 is 0.920. The van der Waals surface area contributed by atoms with Crippen LogP contribution in [0.25, 0.3) is 10.9 Å². The van der Waals surface area contributed by atoms with Crippen molar-refractivity contribution < 1.29 is 9.59 Å². The third kappa shape index (κ3) is 6.61. The van der Waals surface area contributed by atoms with Crippen LogP contribution in [0.4, 0.5) is 11.5 Å². The second-order valence-corrected chi connectivity index (χ2v) is 10.7. The van der Waals surface area contributed by atoms with Crippen molar-refractivity contribution in [2.75, 3.05) is 30.3 Å². The summed E-state index contributed by atoms with van der Waals surface area (Å²) >= 11 is 3.41. The number of hydrogen-bond acceptors (Lipinski definition) is 6. The van der Waals surface area contributed by atoms with Crippen LogP contribution in [0.1, 0.15) is 58.0 Å². The van der Waals surface area contributed by atoms with Gasteiger partial charge >= 0.3 is 0 Å². The van der Waals surface area contributed by atoms with Gasteiger partial charge in [0.05, 0.1) is 17.1 Å². The van der Waals surface area contributed by atoms with Gasteiger partial charge in [0.15, 0.2) is 0 Å². The van der Waals surface area contributed by atoms with E-state index in [1.54, 1.807) is 24.3 Å². The summed E-state index contributed by atoms with van der Waals surface area (Å²) in [6.45, 7) is 3.14. The molecule has 4 N–H and O–H groups in total. The number of para-hydroxylation sites is 1. The standard InChI is InChI=1S/C30H31BrN6O2/c31-22-12-10-20(11-13-22)30(39)35-23-7-4-6-21(18-23)26(14-17-37-15-2-1-3-16-37)36-29-25-9-5-8-24(28(32)38)27(25)33-19-34-29/h4-13,18-19,26H,1-3,14-17H2,(H2,32,38)(H,35,39)(H,33,34,36). The highest BCUT2D eigenvalue weighted by atomic mass is 79.9. The van der Waals surface area contributed by atoms with Crippen molar-refractivity contribution in [3.63, 3.8) is 0 Å². The lowest BCUT2D eigenvalue weighted by atomic mass is 10.0. The lowest BCUT2D eigenvalue weighted by molar-refractivity contribution is 0.0998. The smallest absolute Gasteiger partial charge is 0.255 e. The fraction of sp³-hybridized carbons (Fsp3) is 0.267. The molecule has 200 valence electrons. The van der Waals surface area contributed by atoms with Crippen LogP contribution in [0, 0.1) is 0 Å². The molecule has 8 nitrogen and oxygen atoms in total. The van der Waals surface area contributed by atoms with E-state index < -0.39 is 5.91 Å². The van der Waals surface area contributed by atoms with Gasteiger partial charge in [-0.15, -0.1) is 0 Å². The average Bonchev–Trinajstić information content (AvgIpc) is 2.96. The zero-order valence-electron chi connectivity index (χ0n) is 21.6. The summed E-state index contributed by atoms with van der Waals surface area (Å²) in [5.74, 6) is -0.0598. The molecule has 1 unspecified atom stereocenters. The number of nitrogens with two attached hydrogens (primary N) is 1. The van der Waals surface area contributed by atoms with E-state index in [2.05, 4.69) is 47.5 Å². The van der Waals surface area contributed by atoms with Crippen LogP contribution in [0.3, 0.4) is 0 Å². The molecule has 2 heterocycles. The Balaban J connectivity index is 1.43. The van der Waals surface area contributed by atoms with Gasteiger partial charge in [-0.05, 0) is 86.4 Å². The number of nitrogens with zero attached hydrogens (tertiary/aromatic N) is 3. The molecule has 5 rings (SSSR count). The molecule has 0 aliphatic carbocycles. The lowest BCUT2D eigenvalue weighted by Crippen LogP contribution is -2.32. The van der Waals surface area contributed by atoms with Gasteiger partial charge < -0.3 is 21.3 Å². The van der Waals surface area contributed by atoms with Crippen LogP contribution < -0.4 is 16.4 Å². The Morgan fingerprint density at radius 2 is 1.74 bits per heavy atom. The van der Waals surface area contributed by atoms with Gasteiger partial charge in [0, 0.05) is 27.7 Å². The van der Waals surface area contributed by atoms with Crippen LogP contribution in [0.2, 0.25) is 0 Å². The zero-order valence-corrected chi connectivity index (χ0v) is 23.2. The number of anilines is 2. The van der Waals surface area contributed by atoms with Gasteiger partial charge in [0.2, 0.25) is 0 Å². The van der Waals surface area contributed by atoms with Crippen molar-refractivity contribution in [3.05, 3.63) is 94.2 Å². The number of amides is 2. The lowest BCUT2D eigenvalue weighted by Gasteiger charge is -2.29. The molecule has 9 heteroatoms. The molecule has 4 aromatic rings. The van der Waals surface area contributed by atoms with Gasteiger partial charge in [0.1, 0.15) is 12.1 Å². The summed E-state index contributed by atoms with van der Waals surface area (Å²) in [6.07, 6.45) is 6.02. The van der Waals surface area contributed by atoms with E-state index >= 15 is 0 Å². The number of hydrogen-bond donors (Lipinski definition) is 3. The van der Waals surface area contributed by atoms with Crippen LogP contribution in [0.5, 0.6) is 0 Å². The van der Waals surface area contributed by atoms with Gasteiger partial charge in [0.25, 0.3) is 11.8 Å². The number of carbonyl (C=O) groups is 2. The summed E-state index contributed by atoms with van der Waals surface area (Å²) in [7, 11) is 0. The molecule has 1 aliphatic rings. The fourth-order valence-corrected chi connectivity index (χ4v) is 5.29. The number of piperidine rings is 1. The largest absolute Gasteiger partial charge is 0.366 e. The summed E-state index contributed by atoms with van der Waals surface area (Å²) in [5.41, 5.74) is 8.81. The Morgan fingerprint density at radius 1 is 0.974 bits per heavy atom. The second-order valence-electron chi connectivity index (χ2n) is 9.76. The molecule has 3 aromatic carbocycles. The first kappa shape index (κ1) is 26.8. The number of benzene rings is 3. The maximum Gasteiger partial charge on any atom is 0.255 e. The summed E-state index contributed by atoms with van der Waals surface area (Å²) in [4.78, 5) is 36.2. The number of rotatable bonds is 9. The molecule has 39 heavy (non-hydrogen) atoms. The third-order valence-corrected chi connectivity index (χ3v) is 7.61. The Bertz CT molecular complexity index is 1470. The summed E-state index contributed by atoms with van der Waals surface area (Å²) in [5, 5.41) is 7.37. The minimum absolute atomic E-state index is 0.0909. The number of nitrogens with one attached hydrogen (secondary N) is 2. The predicted octanol–water partition coefficient (Wildman–Crippen LogP) is 5.77. The zero-order chi connectivity index (χ0) is 27.2. The molecule has 1 aliphatic heterocycles. The van der Waals surface area contributed by atoms with E-state index in [1.807, 2.05) is 36.4 Å². The van der Waals surface area contributed by atoms with E-state index in [0.717, 1.165) is 41.5 Å². The first-order valence-electron chi connectivity index (χ1n) is 13.2. The number of fused-ring (bicyclic) bond motifs is 1. The van der Waals surface area contributed by atoms with Gasteiger partial charge in [-0.2, -0.15) is 0 Å². The first-order valence-corrected chi connectivity index (χ1v) is 14.0. The highest BCUT2D eigenvalue weighted by molar-refractivity contribution is 9.10. The van der Waals surface area contributed by atoms with Crippen LogP contribution >= 0.6 is 15.9 Å². The predicted molar refractivity (Wildman–Crippen MR) is 158 cm³/mol. The van der Waals surface area contributed by atoms with Crippen molar-refractivity contribution in [2.24, 2.45) is 5.73 Å². The van der Waals surface area contributed by atoms with E-state index in [1.165, 1.54) is 25.6 Å². The van der Waals surface area contributed by atoms with Crippen molar-refractivity contribution in [1.29, 1.82) is 0 Å². The minimum atomic E-state index is -0.527. The molecule has 2 amide bonds. The monoisotopic (exact) mass is 586 g/mol. The van der Waals surface area contributed by atoms with Crippen LogP contribution in [-0.4, -0.2) is 46.3 Å². The molecular weight excluding hydrogens is 556 g/mol. The number of aromatic nitrogens is 2. The Morgan fingerprint density at radius 3 is 2.51 bits per heavy atom. The van der Waals surface area contributed by atoms with Crippen molar-refractivity contribution in [2.45, 2.75) is 31.7 Å². The molecule has 1 fully saturated rings. The molecule has 0 radical (unpaired) electrons. The van der Waals surface area contributed by atoms with E-state index in [-0.39, 0.29) is 11.9 Å². The van der Waals surface area contributed by atoms with Crippen molar-refractivity contribution in [3.8, 4) is 0 Å². The fourth-order valence-electron chi connectivity index (χ4n) is 5.02. The van der Waals surface area contributed by atoms with Crippen molar-refractivity contribution >= 4 is 50.2 Å². The minimum Gasteiger partial charge on any atom is -0.366 e. The van der Waals surface area contributed by atoms with Crippen LogP contribution in [0.15, 0.2) is 77.5 Å². The molecule has 1 aromatic heterocycles. The van der Waals surface area contributed by atoms with Crippen LogP contribution in [-0.2, 0) is 0 Å². The Labute approximate surface area is 236 Å². The molecule has 0 bridgehead atoms. The summed E-state index contributed by atoms with van der Waals surface area (Å²) in [6, 6.07) is 20.4. The highest BCUT2D eigenvalue weighted by Crippen LogP contribution is 2.29. The average molecular weight is 588 g/mol. The van der Waals surface area contributed by atoms with E-state index in [4.69, 9.17) is 5.73 Å². The maximum atomic E-state index is 12.9. The SMILES string of the molecule is NC(=O)c1cccc2c(NC(CCN3CCCCC3)c3cccc(NC(=O)c4ccc(Br)cc4)c3)ncnc12. The number of likely N-dealkylation sites (tertiary alicyclic amines) is 1. The second kappa shape index (κ2) is 12.4. The molecule has 0 saturated carbocycles. The maximum absolute atomic E-state index is 12.9. The van der Waals surface area contributed by atoms with E-state index in [0.29, 0.717) is 28.1 Å².